The van der Waals surface area contributed by atoms with Crippen LogP contribution in [0.15, 0.2) is 41.2 Å². The van der Waals surface area contributed by atoms with E-state index in [1.807, 2.05) is 48.2 Å². The van der Waals surface area contributed by atoms with Crippen molar-refractivity contribution in [2.75, 3.05) is 20.8 Å². The van der Waals surface area contributed by atoms with Crippen LogP contribution in [0, 0.1) is 12.8 Å². The largest absolute Gasteiger partial charge is 0.493 e. The molecule has 0 saturated heterocycles. The molecule has 1 atom stereocenters. The van der Waals surface area contributed by atoms with E-state index < -0.39 is 6.04 Å². The summed E-state index contributed by atoms with van der Waals surface area (Å²) in [5.41, 5.74) is 4.32. The van der Waals surface area contributed by atoms with Gasteiger partial charge < -0.3 is 19.4 Å². The maximum atomic E-state index is 13.4. The van der Waals surface area contributed by atoms with Gasteiger partial charge in [-0.3, -0.25) is 9.59 Å². The molecule has 0 unspecified atom stereocenters. The lowest BCUT2D eigenvalue weighted by Gasteiger charge is -2.41. The average Bonchev–Trinajstić information content (AvgIpc) is 2.75. The first-order chi connectivity index (χ1) is 15.5. The van der Waals surface area contributed by atoms with E-state index >= 15 is 0 Å². The van der Waals surface area contributed by atoms with Crippen molar-refractivity contribution >= 4 is 16.8 Å². The van der Waals surface area contributed by atoms with Gasteiger partial charge in [-0.2, -0.15) is 0 Å². The number of methoxy groups -OCH3 is 2. The number of carbonyl (C=O) groups is 1. The van der Waals surface area contributed by atoms with E-state index in [1.54, 1.807) is 14.2 Å². The van der Waals surface area contributed by atoms with Gasteiger partial charge in [0, 0.05) is 23.5 Å². The highest BCUT2D eigenvalue weighted by Crippen LogP contribution is 2.42. The van der Waals surface area contributed by atoms with Crippen LogP contribution in [0.2, 0.25) is 0 Å². The van der Waals surface area contributed by atoms with Crippen molar-refractivity contribution in [2.24, 2.45) is 5.92 Å². The predicted molar refractivity (Wildman–Crippen MR) is 123 cm³/mol. The molecule has 0 radical (unpaired) electrons. The molecule has 2 aromatic carbocycles. The molecular weight excluding hydrogens is 404 g/mol. The molecule has 3 aromatic rings. The van der Waals surface area contributed by atoms with Crippen LogP contribution in [-0.2, 0) is 11.2 Å². The number of fused-ring (bicyclic) bond motifs is 2. The van der Waals surface area contributed by atoms with Crippen LogP contribution < -0.4 is 15.0 Å². The van der Waals surface area contributed by atoms with Crippen molar-refractivity contribution in [1.29, 1.82) is 0 Å². The van der Waals surface area contributed by atoms with E-state index in [9.17, 15) is 9.59 Å². The molecule has 1 fully saturated rings. The van der Waals surface area contributed by atoms with E-state index in [1.165, 1.54) is 0 Å². The van der Waals surface area contributed by atoms with Gasteiger partial charge in [-0.25, -0.2) is 0 Å². The number of rotatable bonds is 4. The zero-order valence-corrected chi connectivity index (χ0v) is 18.7. The average molecular weight is 433 g/mol. The van der Waals surface area contributed by atoms with Gasteiger partial charge in [-0.05, 0) is 72.5 Å². The number of hydrogen-bond donors (Lipinski definition) is 1. The van der Waals surface area contributed by atoms with Crippen molar-refractivity contribution in [3.05, 3.63) is 69.0 Å². The molecule has 166 valence electrons. The summed E-state index contributed by atoms with van der Waals surface area (Å²) in [5, 5.41) is 0.953. The summed E-state index contributed by atoms with van der Waals surface area (Å²) < 4.78 is 11.1. The Balaban J connectivity index is 1.71. The number of carbonyl (C=O) groups excluding carboxylic acids is 1. The number of benzene rings is 2. The van der Waals surface area contributed by atoms with E-state index in [0.29, 0.717) is 23.6 Å². The molecule has 6 heteroatoms. The van der Waals surface area contributed by atoms with Crippen LogP contribution >= 0.6 is 0 Å². The Kier molecular flexibility index (Phi) is 5.16. The molecule has 2 heterocycles. The third-order valence-electron chi connectivity index (χ3n) is 6.94. The highest BCUT2D eigenvalue weighted by Gasteiger charge is 2.39. The lowest BCUT2D eigenvalue weighted by molar-refractivity contribution is -0.140. The third kappa shape index (κ3) is 3.34. The Morgan fingerprint density at radius 1 is 1.03 bits per heavy atom. The lowest BCUT2D eigenvalue weighted by atomic mass is 9.81. The molecule has 1 saturated carbocycles. The van der Waals surface area contributed by atoms with Gasteiger partial charge in [0.2, 0.25) is 5.91 Å². The standard InChI is InChI=1S/C26H28N2O4/c1-15-7-8-18-12-20(25(29)27-21(18)11-15)24-19-14-23(32-3)22(31-2)13-17(19)9-10-28(24)26(30)16-5-4-6-16/h7-8,11-14,16,24H,4-6,9-10H2,1-3H3,(H,27,29)/t24-/m1/s1. The predicted octanol–water partition coefficient (Wildman–Crippen LogP) is 4.13. The van der Waals surface area contributed by atoms with Crippen LogP contribution in [0.4, 0.5) is 0 Å². The number of hydrogen-bond acceptors (Lipinski definition) is 4. The Labute approximate surface area is 187 Å². The molecule has 0 spiro atoms. The lowest BCUT2D eigenvalue weighted by Crippen LogP contribution is -2.46. The molecule has 1 aliphatic carbocycles. The van der Waals surface area contributed by atoms with Crippen molar-refractivity contribution in [1.82, 2.24) is 9.88 Å². The van der Waals surface area contributed by atoms with Crippen LogP contribution in [-0.4, -0.2) is 36.6 Å². The summed E-state index contributed by atoms with van der Waals surface area (Å²) in [6, 6.07) is 11.4. The smallest absolute Gasteiger partial charge is 0.254 e. The molecular formula is C26H28N2O4. The van der Waals surface area contributed by atoms with Crippen LogP contribution in [0.25, 0.3) is 10.9 Å². The second-order valence-corrected chi connectivity index (χ2v) is 8.86. The molecule has 0 bridgehead atoms. The number of aromatic amines is 1. The molecule has 1 aliphatic heterocycles. The number of H-pyrrole nitrogens is 1. The summed E-state index contributed by atoms with van der Waals surface area (Å²) in [4.78, 5) is 31.7. The molecule has 32 heavy (non-hydrogen) atoms. The van der Waals surface area contributed by atoms with Crippen molar-refractivity contribution in [3.63, 3.8) is 0 Å². The Morgan fingerprint density at radius 3 is 2.47 bits per heavy atom. The zero-order chi connectivity index (χ0) is 22.4. The summed E-state index contributed by atoms with van der Waals surface area (Å²) in [7, 11) is 3.22. The monoisotopic (exact) mass is 432 g/mol. The minimum absolute atomic E-state index is 0.0568. The maximum absolute atomic E-state index is 13.4. The van der Waals surface area contributed by atoms with Crippen molar-refractivity contribution in [3.8, 4) is 11.5 Å². The first-order valence-corrected chi connectivity index (χ1v) is 11.2. The number of nitrogens with one attached hydrogen (secondary N) is 1. The van der Waals surface area contributed by atoms with Gasteiger partial charge in [0.25, 0.3) is 5.56 Å². The maximum Gasteiger partial charge on any atom is 0.254 e. The van der Waals surface area contributed by atoms with Crippen molar-refractivity contribution in [2.45, 2.75) is 38.6 Å². The zero-order valence-electron chi connectivity index (χ0n) is 18.7. The quantitative estimate of drug-likeness (QED) is 0.673. The van der Waals surface area contributed by atoms with E-state index in [2.05, 4.69) is 4.98 Å². The summed E-state index contributed by atoms with van der Waals surface area (Å²) >= 11 is 0. The van der Waals surface area contributed by atoms with E-state index in [-0.39, 0.29) is 17.4 Å². The topological polar surface area (TPSA) is 71.6 Å². The molecule has 5 rings (SSSR count). The Bertz CT molecular complexity index is 1260. The first kappa shape index (κ1) is 20.6. The summed E-state index contributed by atoms with van der Waals surface area (Å²) in [6.07, 6.45) is 3.66. The third-order valence-corrected chi connectivity index (χ3v) is 6.94. The number of pyridine rings is 1. The summed E-state index contributed by atoms with van der Waals surface area (Å²) in [5.74, 6) is 1.46. The van der Waals surface area contributed by atoms with Crippen LogP contribution in [0.5, 0.6) is 11.5 Å². The molecule has 2 aliphatic rings. The van der Waals surface area contributed by atoms with Gasteiger partial charge in [0.1, 0.15) is 0 Å². The molecule has 6 nitrogen and oxygen atoms in total. The van der Waals surface area contributed by atoms with Gasteiger partial charge in [0.05, 0.1) is 20.3 Å². The van der Waals surface area contributed by atoms with Gasteiger partial charge in [-0.15, -0.1) is 0 Å². The number of ether oxygens (including phenoxy) is 2. The number of aromatic nitrogens is 1. The second kappa shape index (κ2) is 8.01. The molecule has 1 amide bonds. The number of amides is 1. The fourth-order valence-corrected chi connectivity index (χ4v) is 4.94. The van der Waals surface area contributed by atoms with Gasteiger partial charge in [0.15, 0.2) is 11.5 Å². The SMILES string of the molecule is COc1cc2c(cc1OC)[C@H](c1cc3ccc(C)cc3[nH]c1=O)N(C(=O)C1CCC1)CC2. The highest BCUT2D eigenvalue weighted by molar-refractivity contribution is 5.83. The molecule has 1 N–H and O–H groups in total. The Morgan fingerprint density at radius 2 is 1.78 bits per heavy atom. The molecule has 1 aromatic heterocycles. The van der Waals surface area contributed by atoms with E-state index in [4.69, 9.17) is 9.47 Å². The van der Waals surface area contributed by atoms with Crippen molar-refractivity contribution < 1.29 is 14.3 Å². The van der Waals surface area contributed by atoms with Crippen LogP contribution in [0.1, 0.15) is 47.6 Å². The number of nitrogens with zero attached hydrogens (tertiary/aromatic N) is 1. The second-order valence-electron chi connectivity index (χ2n) is 8.86. The van der Waals surface area contributed by atoms with Gasteiger partial charge >= 0.3 is 0 Å². The Hall–Kier alpha value is -3.28. The fraction of sp³-hybridized carbons (Fsp3) is 0.385. The first-order valence-electron chi connectivity index (χ1n) is 11.2. The van der Waals surface area contributed by atoms with E-state index in [0.717, 1.165) is 53.3 Å². The summed E-state index contributed by atoms with van der Waals surface area (Å²) in [6.45, 7) is 2.58. The normalized spacial score (nSPS) is 18.2. The fourth-order valence-electron chi connectivity index (χ4n) is 4.94. The minimum Gasteiger partial charge on any atom is -0.493 e. The van der Waals surface area contributed by atoms with Crippen LogP contribution in [0.3, 0.4) is 0 Å². The van der Waals surface area contributed by atoms with Gasteiger partial charge in [-0.1, -0.05) is 18.6 Å². The minimum atomic E-state index is -0.457. The highest BCUT2D eigenvalue weighted by atomic mass is 16.5. The number of aryl methyl sites for hydroxylation is 1.